The molecule has 0 aromatic heterocycles. The third kappa shape index (κ3) is 3.80. The topological polar surface area (TPSA) is 50.1 Å². The largest absolute Gasteiger partial charge is 0.496 e. The first-order chi connectivity index (χ1) is 10.1. The predicted molar refractivity (Wildman–Crippen MR) is 85.2 cm³/mol. The Morgan fingerprint density at radius 3 is 2.76 bits per heavy atom. The zero-order chi connectivity index (χ0) is 15.2. The predicted octanol–water partition coefficient (Wildman–Crippen LogP) is 4.23. The van der Waals surface area contributed by atoms with E-state index >= 15 is 0 Å². The van der Waals surface area contributed by atoms with E-state index in [2.05, 4.69) is 15.9 Å². The maximum Gasteiger partial charge on any atom is 0.185 e. The van der Waals surface area contributed by atoms with Gasteiger partial charge < -0.3 is 4.74 Å². The van der Waals surface area contributed by atoms with Gasteiger partial charge in [-0.25, -0.2) is 0 Å². The summed E-state index contributed by atoms with van der Waals surface area (Å²) in [6.45, 7) is 0. The number of hydrogen-bond acceptors (Lipinski definition) is 3. The number of rotatable bonds is 4. The van der Waals surface area contributed by atoms with Gasteiger partial charge in [-0.05, 0) is 51.8 Å². The van der Waals surface area contributed by atoms with E-state index in [-0.39, 0.29) is 5.78 Å². The minimum atomic E-state index is -0.140. The van der Waals surface area contributed by atoms with Crippen LogP contribution in [0, 0.1) is 11.3 Å². The van der Waals surface area contributed by atoms with E-state index in [4.69, 9.17) is 10.00 Å². The maximum atomic E-state index is 12.1. The second kappa shape index (κ2) is 6.87. The number of carbonyl (C=O) groups excluding carboxylic acids is 1. The van der Waals surface area contributed by atoms with Crippen LogP contribution in [-0.4, -0.2) is 12.9 Å². The van der Waals surface area contributed by atoms with E-state index in [0.717, 1.165) is 15.8 Å². The minimum Gasteiger partial charge on any atom is -0.496 e. The lowest BCUT2D eigenvalue weighted by molar-refractivity contribution is 0.104. The number of benzene rings is 2. The van der Waals surface area contributed by atoms with Crippen molar-refractivity contribution in [3.8, 4) is 11.8 Å². The molecule has 0 N–H and O–H groups in total. The van der Waals surface area contributed by atoms with Gasteiger partial charge in [-0.3, -0.25) is 4.79 Å². The molecule has 2 aromatic carbocycles. The molecule has 0 aliphatic carbocycles. The summed E-state index contributed by atoms with van der Waals surface area (Å²) in [6, 6.07) is 14.2. The number of ketones is 1. The van der Waals surface area contributed by atoms with Crippen molar-refractivity contribution in [2.75, 3.05) is 7.11 Å². The lowest BCUT2D eigenvalue weighted by Gasteiger charge is -2.03. The van der Waals surface area contributed by atoms with Gasteiger partial charge in [-0.1, -0.05) is 24.3 Å². The number of hydrogen-bond donors (Lipinski definition) is 0. The van der Waals surface area contributed by atoms with Crippen LogP contribution in [0.3, 0.4) is 0 Å². The molecule has 0 atom stereocenters. The molecule has 0 heterocycles. The molecule has 0 radical (unpaired) electrons. The Morgan fingerprint density at radius 1 is 1.29 bits per heavy atom. The molecule has 21 heavy (non-hydrogen) atoms. The van der Waals surface area contributed by atoms with E-state index < -0.39 is 0 Å². The highest BCUT2D eigenvalue weighted by molar-refractivity contribution is 9.10. The van der Waals surface area contributed by atoms with Crippen LogP contribution in [0.5, 0.6) is 5.75 Å². The average molecular weight is 342 g/mol. The molecule has 2 aromatic rings. The van der Waals surface area contributed by atoms with Crippen molar-refractivity contribution < 1.29 is 9.53 Å². The quantitative estimate of drug-likeness (QED) is 0.617. The Hall–Kier alpha value is -2.38. The first kappa shape index (κ1) is 15.0. The molecule has 0 unspecified atom stereocenters. The van der Waals surface area contributed by atoms with Crippen LogP contribution in [0.15, 0.2) is 53.0 Å². The number of nitrogens with zero attached hydrogens (tertiary/aromatic N) is 1. The molecule has 0 saturated carbocycles. The normalized spacial score (nSPS) is 10.3. The van der Waals surface area contributed by atoms with Crippen LogP contribution in [0.2, 0.25) is 0 Å². The molecular weight excluding hydrogens is 330 g/mol. The van der Waals surface area contributed by atoms with E-state index in [1.807, 2.05) is 24.3 Å². The monoisotopic (exact) mass is 341 g/mol. The lowest BCUT2D eigenvalue weighted by Crippen LogP contribution is -1.94. The third-order valence-electron chi connectivity index (χ3n) is 2.88. The fourth-order valence-corrected chi connectivity index (χ4v) is 2.35. The van der Waals surface area contributed by atoms with Crippen LogP contribution >= 0.6 is 15.9 Å². The number of nitriles is 1. The highest BCUT2D eigenvalue weighted by Crippen LogP contribution is 2.26. The van der Waals surface area contributed by atoms with Crippen LogP contribution in [-0.2, 0) is 0 Å². The van der Waals surface area contributed by atoms with Crippen molar-refractivity contribution in [2.45, 2.75) is 0 Å². The zero-order valence-corrected chi connectivity index (χ0v) is 12.9. The maximum absolute atomic E-state index is 12.1. The molecule has 0 bridgehead atoms. The van der Waals surface area contributed by atoms with Gasteiger partial charge in [0.15, 0.2) is 5.78 Å². The van der Waals surface area contributed by atoms with Gasteiger partial charge in [-0.15, -0.1) is 0 Å². The molecule has 4 heteroatoms. The van der Waals surface area contributed by atoms with Crippen molar-refractivity contribution in [3.05, 3.63) is 69.7 Å². The summed E-state index contributed by atoms with van der Waals surface area (Å²) >= 11 is 3.40. The number of ether oxygens (including phenoxy) is 1. The van der Waals surface area contributed by atoms with E-state index in [1.165, 1.54) is 6.08 Å². The SMILES string of the molecule is COc1ccc(/C=C/C(=O)c2cccc(C#N)c2)cc1Br. The molecule has 0 aliphatic heterocycles. The summed E-state index contributed by atoms with van der Waals surface area (Å²) in [5.74, 6) is 0.597. The fourth-order valence-electron chi connectivity index (χ4n) is 1.80. The molecule has 0 amide bonds. The number of halogens is 1. The molecule has 3 nitrogen and oxygen atoms in total. The molecular formula is C17H12BrNO2. The molecule has 2 rings (SSSR count). The van der Waals surface area contributed by atoms with Gasteiger partial charge in [0, 0.05) is 5.56 Å². The highest BCUT2D eigenvalue weighted by atomic mass is 79.9. The van der Waals surface area contributed by atoms with Gasteiger partial charge in [0.2, 0.25) is 0 Å². The van der Waals surface area contributed by atoms with Crippen molar-refractivity contribution in [1.82, 2.24) is 0 Å². The molecule has 0 fully saturated rings. The van der Waals surface area contributed by atoms with Gasteiger partial charge in [-0.2, -0.15) is 5.26 Å². The van der Waals surface area contributed by atoms with Crippen molar-refractivity contribution in [3.63, 3.8) is 0 Å². The Labute approximate surface area is 131 Å². The first-order valence-corrected chi connectivity index (χ1v) is 6.99. The number of carbonyl (C=O) groups is 1. The second-order valence-electron chi connectivity index (χ2n) is 4.28. The van der Waals surface area contributed by atoms with E-state index in [1.54, 1.807) is 37.5 Å². The van der Waals surface area contributed by atoms with E-state index in [0.29, 0.717) is 11.1 Å². The summed E-state index contributed by atoms with van der Waals surface area (Å²) in [5, 5.41) is 8.84. The molecule has 0 saturated heterocycles. The zero-order valence-electron chi connectivity index (χ0n) is 11.3. The fraction of sp³-hybridized carbons (Fsp3) is 0.0588. The van der Waals surface area contributed by atoms with Gasteiger partial charge in [0.05, 0.1) is 23.2 Å². The second-order valence-corrected chi connectivity index (χ2v) is 5.14. The summed E-state index contributed by atoms with van der Waals surface area (Å²) < 4.78 is 5.98. The number of methoxy groups -OCH3 is 1. The van der Waals surface area contributed by atoms with Crippen LogP contribution in [0.1, 0.15) is 21.5 Å². The van der Waals surface area contributed by atoms with Gasteiger partial charge >= 0.3 is 0 Å². The highest BCUT2D eigenvalue weighted by Gasteiger charge is 2.03. The molecule has 0 spiro atoms. The standard InChI is InChI=1S/C17H12BrNO2/c1-21-17-8-6-12(10-15(17)18)5-7-16(20)14-4-2-3-13(9-14)11-19/h2-10H,1H3/b7-5+. The van der Waals surface area contributed by atoms with Crippen molar-refractivity contribution in [2.24, 2.45) is 0 Å². The van der Waals surface area contributed by atoms with Crippen LogP contribution in [0.4, 0.5) is 0 Å². The summed E-state index contributed by atoms with van der Waals surface area (Å²) in [4.78, 5) is 12.1. The average Bonchev–Trinajstić information content (AvgIpc) is 2.52. The van der Waals surface area contributed by atoms with Gasteiger partial charge in [0.25, 0.3) is 0 Å². The molecule has 104 valence electrons. The van der Waals surface area contributed by atoms with Crippen molar-refractivity contribution >= 4 is 27.8 Å². The van der Waals surface area contributed by atoms with Gasteiger partial charge in [0.1, 0.15) is 5.75 Å². The smallest absolute Gasteiger partial charge is 0.185 e. The Balaban J connectivity index is 2.19. The Kier molecular flexibility index (Phi) is 4.91. The van der Waals surface area contributed by atoms with Crippen molar-refractivity contribution in [1.29, 1.82) is 5.26 Å². The Bertz CT molecular complexity index is 745. The minimum absolute atomic E-state index is 0.140. The number of allylic oxidation sites excluding steroid dienone is 1. The summed E-state index contributed by atoms with van der Waals surface area (Å²) in [5.41, 5.74) is 1.85. The van der Waals surface area contributed by atoms with E-state index in [9.17, 15) is 4.79 Å². The van der Waals surface area contributed by atoms with Crippen LogP contribution < -0.4 is 4.74 Å². The lowest BCUT2D eigenvalue weighted by atomic mass is 10.1. The summed E-state index contributed by atoms with van der Waals surface area (Å²) in [7, 11) is 1.60. The molecule has 0 aliphatic rings. The summed E-state index contributed by atoms with van der Waals surface area (Å²) in [6.07, 6.45) is 3.22. The third-order valence-corrected chi connectivity index (χ3v) is 3.50. The van der Waals surface area contributed by atoms with Crippen LogP contribution in [0.25, 0.3) is 6.08 Å². The Morgan fingerprint density at radius 2 is 2.10 bits per heavy atom. The first-order valence-electron chi connectivity index (χ1n) is 6.20.